The molecule has 0 bridgehead atoms. The molecule has 25 heavy (non-hydrogen) atoms. The normalized spacial score (nSPS) is 10.6. The van der Waals surface area contributed by atoms with Gasteiger partial charge in [0.1, 0.15) is 10.7 Å². The monoisotopic (exact) mass is 375 g/mol. The Morgan fingerprint density at radius 2 is 2.00 bits per heavy atom. The minimum absolute atomic E-state index is 0.0791. The SMILES string of the molecule is Cc1cccc(Nc2nc(C)c(C(=O)Nc3ccc(Cl)cc3F)s2)c1. The van der Waals surface area contributed by atoms with Gasteiger partial charge in [-0.25, -0.2) is 9.37 Å². The highest BCUT2D eigenvalue weighted by atomic mass is 35.5. The second kappa shape index (κ2) is 7.21. The van der Waals surface area contributed by atoms with Crippen LogP contribution < -0.4 is 10.6 Å². The summed E-state index contributed by atoms with van der Waals surface area (Å²) in [6, 6.07) is 11.9. The zero-order chi connectivity index (χ0) is 18.0. The molecule has 2 N–H and O–H groups in total. The fourth-order valence-electron chi connectivity index (χ4n) is 2.28. The maximum atomic E-state index is 13.8. The molecule has 1 heterocycles. The molecule has 3 rings (SSSR count). The number of hydrogen-bond acceptors (Lipinski definition) is 4. The van der Waals surface area contributed by atoms with Crippen LogP contribution in [0.25, 0.3) is 0 Å². The van der Waals surface area contributed by atoms with E-state index in [0.29, 0.717) is 15.7 Å². The van der Waals surface area contributed by atoms with E-state index >= 15 is 0 Å². The minimum atomic E-state index is -0.582. The molecule has 3 aromatic rings. The predicted molar refractivity (Wildman–Crippen MR) is 101 cm³/mol. The van der Waals surface area contributed by atoms with E-state index in [-0.39, 0.29) is 10.7 Å². The number of benzene rings is 2. The number of amides is 1. The summed E-state index contributed by atoms with van der Waals surface area (Å²) < 4.78 is 13.8. The summed E-state index contributed by atoms with van der Waals surface area (Å²) in [6.07, 6.45) is 0. The van der Waals surface area contributed by atoms with Crippen LogP contribution in [0.2, 0.25) is 5.02 Å². The van der Waals surface area contributed by atoms with E-state index in [4.69, 9.17) is 11.6 Å². The molecule has 0 unspecified atom stereocenters. The maximum absolute atomic E-state index is 13.8. The summed E-state index contributed by atoms with van der Waals surface area (Å²) in [7, 11) is 0. The molecule has 0 saturated carbocycles. The smallest absolute Gasteiger partial charge is 0.267 e. The Hall–Kier alpha value is -2.44. The van der Waals surface area contributed by atoms with Crippen molar-refractivity contribution in [2.45, 2.75) is 13.8 Å². The highest BCUT2D eigenvalue weighted by Crippen LogP contribution is 2.27. The number of nitrogens with one attached hydrogen (secondary N) is 2. The number of aromatic nitrogens is 1. The van der Waals surface area contributed by atoms with Gasteiger partial charge in [-0.2, -0.15) is 0 Å². The molecule has 0 spiro atoms. The van der Waals surface area contributed by atoms with Crippen LogP contribution in [0.1, 0.15) is 20.9 Å². The summed E-state index contributed by atoms with van der Waals surface area (Å²) in [5.74, 6) is -0.991. The molecule has 128 valence electrons. The van der Waals surface area contributed by atoms with Crippen molar-refractivity contribution in [2.24, 2.45) is 0 Å². The summed E-state index contributed by atoms with van der Waals surface area (Å²) in [4.78, 5) is 17.2. The van der Waals surface area contributed by atoms with E-state index in [1.165, 1.54) is 23.5 Å². The number of nitrogens with zero attached hydrogens (tertiary/aromatic N) is 1. The number of halogens is 2. The molecule has 0 saturated heterocycles. The van der Waals surface area contributed by atoms with Gasteiger partial charge in [0.15, 0.2) is 5.13 Å². The lowest BCUT2D eigenvalue weighted by Gasteiger charge is -2.05. The second-order valence-corrected chi connectivity index (χ2v) is 6.94. The van der Waals surface area contributed by atoms with E-state index in [9.17, 15) is 9.18 Å². The van der Waals surface area contributed by atoms with Crippen molar-refractivity contribution < 1.29 is 9.18 Å². The fourth-order valence-corrected chi connectivity index (χ4v) is 3.32. The van der Waals surface area contributed by atoms with Crippen LogP contribution in [0.3, 0.4) is 0 Å². The molecule has 0 fully saturated rings. The molecule has 0 atom stereocenters. The third kappa shape index (κ3) is 4.15. The van der Waals surface area contributed by atoms with E-state index in [1.54, 1.807) is 6.92 Å². The Morgan fingerprint density at radius 1 is 1.20 bits per heavy atom. The first-order valence-electron chi connectivity index (χ1n) is 7.50. The standard InChI is InChI=1S/C18H15ClFN3OS/c1-10-4-3-5-13(8-10)22-18-21-11(2)16(25-18)17(24)23-15-7-6-12(19)9-14(15)20/h3-9H,1-2H3,(H,21,22)(H,23,24). The van der Waals surface area contributed by atoms with Crippen LogP contribution in [-0.4, -0.2) is 10.9 Å². The lowest BCUT2D eigenvalue weighted by molar-refractivity contribution is 0.102. The number of thiazole rings is 1. The molecular formula is C18H15ClFN3OS. The van der Waals surface area contributed by atoms with Crippen LogP contribution >= 0.6 is 22.9 Å². The van der Waals surface area contributed by atoms with Gasteiger partial charge in [0.05, 0.1) is 11.4 Å². The molecule has 0 aliphatic heterocycles. The Balaban J connectivity index is 1.78. The first kappa shape index (κ1) is 17.4. The highest BCUT2D eigenvalue weighted by Gasteiger charge is 2.17. The molecule has 7 heteroatoms. The maximum Gasteiger partial charge on any atom is 0.267 e. The molecular weight excluding hydrogens is 361 g/mol. The zero-order valence-electron chi connectivity index (χ0n) is 13.6. The Kier molecular flexibility index (Phi) is 5.01. The quantitative estimate of drug-likeness (QED) is 0.628. The van der Waals surface area contributed by atoms with Crippen molar-refractivity contribution in [3.63, 3.8) is 0 Å². The zero-order valence-corrected chi connectivity index (χ0v) is 15.1. The van der Waals surface area contributed by atoms with E-state index in [0.717, 1.165) is 17.3 Å². The molecule has 0 radical (unpaired) electrons. The van der Waals surface area contributed by atoms with Crippen molar-refractivity contribution in [3.8, 4) is 0 Å². The van der Waals surface area contributed by atoms with Gasteiger partial charge in [-0.05, 0) is 49.7 Å². The number of rotatable bonds is 4. The van der Waals surface area contributed by atoms with Crippen molar-refractivity contribution >= 4 is 45.4 Å². The summed E-state index contributed by atoms with van der Waals surface area (Å²) in [5, 5.41) is 6.60. The molecule has 0 aliphatic carbocycles. The van der Waals surface area contributed by atoms with Crippen molar-refractivity contribution in [1.29, 1.82) is 0 Å². The molecule has 1 aromatic heterocycles. The van der Waals surface area contributed by atoms with Crippen LogP contribution in [0.4, 0.5) is 20.9 Å². The number of hydrogen-bond donors (Lipinski definition) is 2. The summed E-state index contributed by atoms with van der Waals surface area (Å²) in [6.45, 7) is 3.74. The minimum Gasteiger partial charge on any atom is -0.332 e. The highest BCUT2D eigenvalue weighted by molar-refractivity contribution is 7.17. The van der Waals surface area contributed by atoms with Crippen LogP contribution in [0, 0.1) is 19.7 Å². The Morgan fingerprint density at radius 3 is 2.72 bits per heavy atom. The molecule has 2 aromatic carbocycles. The molecule has 0 aliphatic rings. The summed E-state index contributed by atoms with van der Waals surface area (Å²) >= 11 is 6.93. The third-order valence-corrected chi connectivity index (χ3v) is 4.76. The number of carbonyl (C=O) groups excluding carboxylic acids is 1. The first-order valence-corrected chi connectivity index (χ1v) is 8.69. The van der Waals surface area contributed by atoms with Gasteiger partial charge >= 0.3 is 0 Å². The largest absolute Gasteiger partial charge is 0.332 e. The Labute approximate surface area is 153 Å². The van der Waals surface area contributed by atoms with Gasteiger partial charge in [-0.1, -0.05) is 35.1 Å². The second-order valence-electron chi connectivity index (χ2n) is 5.51. The van der Waals surface area contributed by atoms with E-state index < -0.39 is 11.7 Å². The van der Waals surface area contributed by atoms with Gasteiger partial charge in [-0.15, -0.1) is 0 Å². The molecule has 4 nitrogen and oxygen atoms in total. The molecule has 1 amide bonds. The fraction of sp³-hybridized carbons (Fsp3) is 0.111. The van der Waals surface area contributed by atoms with Crippen LogP contribution in [0.5, 0.6) is 0 Å². The van der Waals surface area contributed by atoms with Gasteiger partial charge < -0.3 is 10.6 Å². The number of anilines is 3. The summed E-state index contributed by atoms with van der Waals surface area (Å²) in [5.41, 5.74) is 2.67. The number of aryl methyl sites for hydroxylation is 2. The number of carbonyl (C=O) groups is 1. The predicted octanol–water partition coefficient (Wildman–Crippen LogP) is 5.55. The van der Waals surface area contributed by atoms with Gasteiger partial charge in [0.25, 0.3) is 5.91 Å². The average Bonchev–Trinajstić information content (AvgIpc) is 2.90. The lowest BCUT2D eigenvalue weighted by atomic mass is 10.2. The van der Waals surface area contributed by atoms with Gasteiger partial charge in [-0.3, -0.25) is 4.79 Å². The Bertz CT molecular complexity index is 942. The average molecular weight is 376 g/mol. The van der Waals surface area contributed by atoms with E-state index in [1.807, 2.05) is 31.2 Å². The van der Waals surface area contributed by atoms with Crippen molar-refractivity contribution in [2.75, 3.05) is 10.6 Å². The van der Waals surface area contributed by atoms with Crippen LogP contribution in [-0.2, 0) is 0 Å². The topological polar surface area (TPSA) is 54.0 Å². The van der Waals surface area contributed by atoms with Crippen molar-refractivity contribution in [1.82, 2.24) is 4.98 Å². The van der Waals surface area contributed by atoms with Crippen molar-refractivity contribution in [3.05, 3.63) is 69.4 Å². The van der Waals surface area contributed by atoms with Crippen LogP contribution in [0.15, 0.2) is 42.5 Å². The van der Waals surface area contributed by atoms with Gasteiger partial charge in [0, 0.05) is 10.7 Å². The van der Waals surface area contributed by atoms with E-state index in [2.05, 4.69) is 15.6 Å². The lowest BCUT2D eigenvalue weighted by Crippen LogP contribution is -2.12. The first-order chi connectivity index (χ1) is 11.9. The van der Waals surface area contributed by atoms with Gasteiger partial charge in [0.2, 0.25) is 0 Å². The third-order valence-electron chi connectivity index (χ3n) is 3.45.